The molecule has 4 rings (SSSR count). The summed E-state index contributed by atoms with van der Waals surface area (Å²) in [7, 11) is 0. The molecule has 1 N–H and O–H groups in total. The van der Waals surface area contributed by atoms with E-state index in [9.17, 15) is 9.59 Å². The number of hydrogen-bond donors (Lipinski definition) is 1. The zero-order valence-corrected chi connectivity index (χ0v) is 17.7. The van der Waals surface area contributed by atoms with Crippen molar-refractivity contribution in [3.8, 4) is 5.75 Å². The molecule has 0 spiro atoms. The van der Waals surface area contributed by atoms with Gasteiger partial charge in [0.05, 0.1) is 18.5 Å². The Labute approximate surface area is 181 Å². The standard InChI is InChI=1S/C25H25N3O3/c1-17(2)13-14-31-20-11-9-18(10-12-20)15-26-27-23(29)16-28-22-8-4-6-19-5-3-7-21(24(19)22)25(28)30/h3-12,15,17H,13-14,16H2,1-2H3,(H,27,29)/b26-15-. The van der Waals surface area contributed by atoms with Crippen molar-refractivity contribution in [1.82, 2.24) is 5.43 Å². The van der Waals surface area contributed by atoms with Crippen LogP contribution in [0.2, 0.25) is 0 Å². The summed E-state index contributed by atoms with van der Waals surface area (Å²) in [6.45, 7) is 4.92. The molecular weight excluding hydrogens is 390 g/mol. The largest absolute Gasteiger partial charge is 0.494 e. The second kappa shape index (κ2) is 9.00. The smallest absolute Gasteiger partial charge is 0.260 e. The van der Waals surface area contributed by atoms with Gasteiger partial charge in [0.25, 0.3) is 11.8 Å². The Morgan fingerprint density at radius 3 is 2.58 bits per heavy atom. The molecule has 1 heterocycles. The number of benzene rings is 3. The van der Waals surface area contributed by atoms with Crippen LogP contribution in [0.1, 0.15) is 36.2 Å². The molecule has 0 saturated carbocycles. The molecule has 3 aromatic carbocycles. The van der Waals surface area contributed by atoms with Gasteiger partial charge in [-0.3, -0.25) is 14.5 Å². The predicted molar refractivity (Wildman–Crippen MR) is 123 cm³/mol. The maximum atomic E-state index is 12.7. The third-order valence-corrected chi connectivity index (χ3v) is 5.20. The van der Waals surface area contributed by atoms with Gasteiger partial charge < -0.3 is 4.74 Å². The third-order valence-electron chi connectivity index (χ3n) is 5.20. The number of carbonyl (C=O) groups excluding carboxylic acids is 2. The van der Waals surface area contributed by atoms with E-state index in [2.05, 4.69) is 24.4 Å². The Morgan fingerprint density at radius 2 is 1.84 bits per heavy atom. The van der Waals surface area contributed by atoms with Gasteiger partial charge in [-0.1, -0.05) is 38.1 Å². The van der Waals surface area contributed by atoms with E-state index in [1.165, 1.54) is 4.90 Å². The predicted octanol–water partition coefficient (Wildman–Crippen LogP) is 4.38. The highest BCUT2D eigenvalue weighted by Crippen LogP contribution is 2.36. The van der Waals surface area contributed by atoms with Crippen LogP contribution in [0.4, 0.5) is 5.69 Å². The highest BCUT2D eigenvalue weighted by atomic mass is 16.5. The van der Waals surface area contributed by atoms with E-state index < -0.39 is 0 Å². The third kappa shape index (κ3) is 4.58. The molecule has 3 aromatic rings. The Hall–Kier alpha value is -3.67. The van der Waals surface area contributed by atoms with Crippen molar-refractivity contribution in [3.63, 3.8) is 0 Å². The van der Waals surface area contributed by atoms with Crippen molar-refractivity contribution in [2.75, 3.05) is 18.1 Å². The molecule has 2 amide bonds. The summed E-state index contributed by atoms with van der Waals surface area (Å²) in [5.74, 6) is 0.887. The minimum absolute atomic E-state index is 0.0907. The SMILES string of the molecule is CC(C)CCOc1ccc(/C=N\NC(=O)CN2C(=O)c3cccc4cccc2c34)cc1. The lowest BCUT2D eigenvalue weighted by atomic mass is 10.1. The van der Waals surface area contributed by atoms with Crippen LogP contribution in [0.3, 0.4) is 0 Å². The minimum Gasteiger partial charge on any atom is -0.494 e. The highest BCUT2D eigenvalue weighted by molar-refractivity contribution is 6.26. The van der Waals surface area contributed by atoms with Gasteiger partial charge in [-0.15, -0.1) is 0 Å². The first-order chi connectivity index (χ1) is 15.0. The van der Waals surface area contributed by atoms with Crippen molar-refractivity contribution >= 4 is 34.5 Å². The zero-order chi connectivity index (χ0) is 21.8. The maximum Gasteiger partial charge on any atom is 0.260 e. The van der Waals surface area contributed by atoms with Gasteiger partial charge in [-0.25, -0.2) is 5.43 Å². The van der Waals surface area contributed by atoms with Gasteiger partial charge >= 0.3 is 0 Å². The Morgan fingerprint density at radius 1 is 1.10 bits per heavy atom. The molecule has 31 heavy (non-hydrogen) atoms. The summed E-state index contributed by atoms with van der Waals surface area (Å²) in [4.78, 5) is 26.6. The molecule has 0 aliphatic carbocycles. The highest BCUT2D eigenvalue weighted by Gasteiger charge is 2.30. The number of amides is 2. The first-order valence-electron chi connectivity index (χ1n) is 10.4. The van der Waals surface area contributed by atoms with E-state index in [0.29, 0.717) is 18.1 Å². The fourth-order valence-corrected chi connectivity index (χ4v) is 3.56. The average molecular weight is 415 g/mol. The fourth-order valence-electron chi connectivity index (χ4n) is 3.56. The molecule has 0 saturated heterocycles. The summed E-state index contributed by atoms with van der Waals surface area (Å²) >= 11 is 0. The van der Waals surface area contributed by atoms with Crippen molar-refractivity contribution in [3.05, 3.63) is 71.8 Å². The van der Waals surface area contributed by atoms with Crippen LogP contribution in [-0.2, 0) is 4.79 Å². The fraction of sp³-hybridized carbons (Fsp3) is 0.240. The minimum atomic E-state index is -0.358. The lowest BCUT2D eigenvalue weighted by Gasteiger charge is -2.16. The van der Waals surface area contributed by atoms with Gasteiger partial charge in [0, 0.05) is 10.9 Å². The van der Waals surface area contributed by atoms with Gasteiger partial charge in [0.2, 0.25) is 0 Å². The monoisotopic (exact) mass is 415 g/mol. The maximum absolute atomic E-state index is 12.7. The van der Waals surface area contributed by atoms with E-state index in [4.69, 9.17) is 4.74 Å². The molecule has 1 aliphatic rings. The van der Waals surface area contributed by atoms with E-state index in [1.807, 2.05) is 54.6 Å². The molecule has 0 fully saturated rings. The van der Waals surface area contributed by atoms with Crippen molar-refractivity contribution < 1.29 is 14.3 Å². The second-order valence-electron chi connectivity index (χ2n) is 7.97. The molecule has 6 nitrogen and oxygen atoms in total. The topological polar surface area (TPSA) is 71.0 Å². The first kappa shape index (κ1) is 20.6. The molecule has 1 aliphatic heterocycles. The number of hydrogen-bond acceptors (Lipinski definition) is 4. The van der Waals surface area contributed by atoms with Gasteiger partial charge in [0.15, 0.2) is 0 Å². The molecular formula is C25H25N3O3. The average Bonchev–Trinajstić information content (AvgIpc) is 3.03. The molecule has 0 radical (unpaired) electrons. The normalized spacial score (nSPS) is 12.9. The van der Waals surface area contributed by atoms with E-state index in [0.717, 1.165) is 34.2 Å². The zero-order valence-electron chi connectivity index (χ0n) is 17.7. The van der Waals surface area contributed by atoms with Crippen molar-refractivity contribution in [2.24, 2.45) is 11.0 Å². The van der Waals surface area contributed by atoms with Crippen LogP contribution in [0.25, 0.3) is 10.8 Å². The summed E-state index contributed by atoms with van der Waals surface area (Å²) in [6.07, 6.45) is 2.57. The summed E-state index contributed by atoms with van der Waals surface area (Å²) in [6, 6.07) is 18.8. The lowest BCUT2D eigenvalue weighted by molar-refractivity contribution is -0.119. The number of carbonyl (C=O) groups is 2. The summed E-state index contributed by atoms with van der Waals surface area (Å²) < 4.78 is 5.70. The van der Waals surface area contributed by atoms with Crippen LogP contribution in [0.15, 0.2) is 65.8 Å². The Bertz CT molecular complexity index is 1130. The van der Waals surface area contributed by atoms with Crippen molar-refractivity contribution in [1.29, 1.82) is 0 Å². The van der Waals surface area contributed by atoms with Crippen LogP contribution >= 0.6 is 0 Å². The van der Waals surface area contributed by atoms with Crippen LogP contribution in [0.5, 0.6) is 5.75 Å². The number of rotatable bonds is 8. The number of hydrazone groups is 1. The summed E-state index contributed by atoms with van der Waals surface area (Å²) in [5.41, 5.74) is 4.72. The van der Waals surface area contributed by atoms with E-state index in [-0.39, 0.29) is 18.4 Å². The molecule has 0 atom stereocenters. The van der Waals surface area contributed by atoms with Crippen LogP contribution in [0, 0.1) is 5.92 Å². The molecule has 0 unspecified atom stereocenters. The molecule has 0 aromatic heterocycles. The van der Waals surface area contributed by atoms with Crippen molar-refractivity contribution in [2.45, 2.75) is 20.3 Å². The second-order valence-corrected chi connectivity index (χ2v) is 7.97. The molecule has 0 bridgehead atoms. The van der Waals surface area contributed by atoms with E-state index >= 15 is 0 Å². The quantitative estimate of drug-likeness (QED) is 0.439. The molecule has 158 valence electrons. The van der Waals surface area contributed by atoms with Gasteiger partial charge in [-0.05, 0) is 59.7 Å². The Balaban J connectivity index is 1.33. The Kier molecular flexibility index (Phi) is 5.98. The summed E-state index contributed by atoms with van der Waals surface area (Å²) in [5, 5.41) is 5.90. The van der Waals surface area contributed by atoms with Crippen LogP contribution in [-0.4, -0.2) is 31.2 Å². The number of nitrogens with zero attached hydrogens (tertiary/aromatic N) is 2. The first-order valence-corrected chi connectivity index (χ1v) is 10.4. The van der Waals surface area contributed by atoms with Gasteiger partial charge in [-0.2, -0.15) is 5.10 Å². The van der Waals surface area contributed by atoms with Crippen LogP contribution < -0.4 is 15.1 Å². The number of nitrogens with one attached hydrogen (secondary N) is 1. The van der Waals surface area contributed by atoms with E-state index in [1.54, 1.807) is 12.3 Å². The molecule has 6 heteroatoms. The number of anilines is 1. The van der Waals surface area contributed by atoms with Gasteiger partial charge in [0.1, 0.15) is 12.3 Å². The number of ether oxygens (including phenoxy) is 1. The lowest BCUT2D eigenvalue weighted by Crippen LogP contribution is -2.37.